The molecular formula is C13H12BrClN2O2S. The van der Waals surface area contributed by atoms with Crippen LogP contribution in [-0.4, -0.2) is 19.2 Å². The molecule has 0 unspecified atom stereocenters. The van der Waals surface area contributed by atoms with Crippen molar-refractivity contribution in [2.75, 3.05) is 10.5 Å². The van der Waals surface area contributed by atoms with E-state index in [1.807, 2.05) is 0 Å². The number of aromatic nitrogens is 1. The van der Waals surface area contributed by atoms with Crippen LogP contribution in [0.2, 0.25) is 5.02 Å². The maximum absolute atomic E-state index is 12.0. The first kappa shape index (κ1) is 15.3. The van der Waals surface area contributed by atoms with Crippen molar-refractivity contribution in [2.45, 2.75) is 6.42 Å². The molecule has 106 valence electrons. The average Bonchev–Trinajstić information content (AvgIpc) is 2.42. The van der Waals surface area contributed by atoms with Crippen LogP contribution in [-0.2, 0) is 16.4 Å². The number of nitrogens with one attached hydrogen (secondary N) is 1. The Morgan fingerprint density at radius 1 is 1.20 bits per heavy atom. The van der Waals surface area contributed by atoms with E-state index in [9.17, 15) is 8.42 Å². The van der Waals surface area contributed by atoms with Gasteiger partial charge in [-0.05, 0) is 58.2 Å². The molecule has 1 aromatic carbocycles. The van der Waals surface area contributed by atoms with Gasteiger partial charge in [-0.2, -0.15) is 0 Å². The molecular weight excluding hydrogens is 364 g/mol. The summed E-state index contributed by atoms with van der Waals surface area (Å²) in [7, 11) is -3.43. The van der Waals surface area contributed by atoms with Crippen LogP contribution in [0, 0.1) is 0 Å². The van der Waals surface area contributed by atoms with E-state index in [2.05, 4.69) is 25.6 Å². The van der Waals surface area contributed by atoms with Gasteiger partial charge in [-0.15, -0.1) is 0 Å². The van der Waals surface area contributed by atoms with Gasteiger partial charge in [-0.3, -0.25) is 9.71 Å². The van der Waals surface area contributed by atoms with E-state index < -0.39 is 10.0 Å². The molecule has 1 heterocycles. The van der Waals surface area contributed by atoms with Crippen molar-refractivity contribution >= 4 is 43.2 Å². The van der Waals surface area contributed by atoms with Gasteiger partial charge < -0.3 is 0 Å². The maximum Gasteiger partial charge on any atom is 0.233 e. The van der Waals surface area contributed by atoms with Gasteiger partial charge in [0, 0.05) is 21.9 Å². The molecule has 2 rings (SSSR count). The monoisotopic (exact) mass is 374 g/mol. The first-order chi connectivity index (χ1) is 9.46. The molecule has 0 bridgehead atoms. The highest BCUT2D eigenvalue weighted by Crippen LogP contribution is 2.26. The molecule has 1 N–H and O–H groups in total. The van der Waals surface area contributed by atoms with Crippen LogP contribution in [0.1, 0.15) is 5.56 Å². The molecule has 7 heteroatoms. The lowest BCUT2D eigenvalue weighted by atomic mass is 10.2. The number of pyridine rings is 1. The zero-order valence-corrected chi connectivity index (χ0v) is 13.5. The number of hydrogen-bond donors (Lipinski definition) is 1. The van der Waals surface area contributed by atoms with Crippen LogP contribution in [0.3, 0.4) is 0 Å². The summed E-state index contributed by atoms with van der Waals surface area (Å²) in [5.41, 5.74) is 1.36. The number of benzene rings is 1. The number of halogens is 2. The summed E-state index contributed by atoms with van der Waals surface area (Å²) in [4.78, 5) is 3.89. The molecule has 20 heavy (non-hydrogen) atoms. The summed E-state index contributed by atoms with van der Waals surface area (Å²) in [6.45, 7) is 0. The molecule has 0 radical (unpaired) electrons. The Bertz CT molecular complexity index is 693. The predicted octanol–water partition coefficient (Wildman–Crippen LogP) is 3.48. The number of anilines is 1. The largest absolute Gasteiger partial charge is 0.282 e. The quantitative estimate of drug-likeness (QED) is 0.870. The molecule has 0 atom stereocenters. The van der Waals surface area contributed by atoms with Crippen molar-refractivity contribution in [1.82, 2.24) is 4.98 Å². The van der Waals surface area contributed by atoms with Crippen LogP contribution in [0.5, 0.6) is 0 Å². The Kier molecular flexibility index (Phi) is 5.01. The number of nitrogens with zero attached hydrogens (tertiary/aromatic N) is 1. The van der Waals surface area contributed by atoms with Gasteiger partial charge in [0.25, 0.3) is 0 Å². The van der Waals surface area contributed by atoms with E-state index >= 15 is 0 Å². The van der Waals surface area contributed by atoms with Gasteiger partial charge in [0.1, 0.15) is 0 Å². The Morgan fingerprint density at radius 2 is 1.90 bits per heavy atom. The van der Waals surface area contributed by atoms with Crippen LogP contribution in [0.25, 0.3) is 0 Å². The second kappa shape index (κ2) is 6.56. The van der Waals surface area contributed by atoms with Crippen molar-refractivity contribution in [3.8, 4) is 0 Å². The van der Waals surface area contributed by atoms with E-state index in [4.69, 9.17) is 11.6 Å². The average molecular weight is 376 g/mol. The van der Waals surface area contributed by atoms with Gasteiger partial charge in [0.05, 0.1) is 11.4 Å². The summed E-state index contributed by atoms with van der Waals surface area (Å²) >= 11 is 9.14. The molecule has 0 saturated heterocycles. The molecule has 0 spiro atoms. The number of aryl methyl sites for hydroxylation is 1. The molecule has 4 nitrogen and oxygen atoms in total. The second-order valence-corrected chi connectivity index (χ2v) is 7.28. The maximum atomic E-state index is 12.0. The lowest BCUT2D eigenvalue weighted by molar-refractivity contribution is 0.600. The predicted molar refractivity (Wildman–Crippen MR) is 84.5 cm³/mol. The minimum Gasteiger partial charge on any atom is -0.282 e. The fourth-order valence-corrected chi connectivity index (χ4v) is 3.36. The zero-order valence-electron chi connectivity index (χ0n) is 10.4. The summed E-state index contributed by atoms with van der Waals surface area (Å²) in [5.74, 6) is -0.00400. The Morgan fingerprint density at radius 3 is 2.60 bits per heavy atom. The van der Waals surface area contributed by atoms with Gasteiger partial charge in [-0.1, -0.05) is 11.6 Å². The number of hydrogen-bond acceptors (Lipinski definition) is 3. The van der Waals surface area contributed by atoms with E-state index in [1.165, 1.54) is 0 Å². The third-order valence-corrected chi connectivity index (χ3v) is 4.80. The summed E-state index contributed by atoms with van der Waals surface area (Å²) < 4.78 is 27.3. The zero-order chi connectivity index (χ0) is 14.6. The standard InChI is InChI=1S/C13H12BrClN2O2S/c14-12-2-1-11(15)9-13(12)17-20(18,19)8-5-10-3-6-16-7-4-10/h1-4,6-7,9,17H,5,8H2. The van der Waals surface area contributed by atoms with Crippen LogP contribution >= 0.6 is 27.5 Å². The van der Waals surface area contributed by atoms with E-state index in [0.29, 0.717) is 21.6 Å². The molecule has 0 aliphatic rings. The van der Waals surface area contributed by atoms with Crippen molar-refractivity contribution in [2.24, 2.45) is 0 Å². The van der Waals surface area contributed by atoms with E-state index in [1.54, 1.807) is 42.7 Å². The van der Waals surface area contributed by atoms with Crippen molar-refractivity contribution in [3.05, 3.63) is 57.8 Å². The summed E-state index contributed by atoms with van der Waals surface area (Å²) in [5, 5.41) is 0.472. The van der Waals surface area contributed by atoms with Crippen molar-refractivity contribution < 1.29 is 8.42 Å². The van der Waals surface area contributed by atoms with Gasteiger partial charge in [-0.25, -0.2) is 8.42 Å². The van der Waals surface area contributed by atoms with Gasteiger partial charge in [0.15, 0.2) is 0 Å². The molecule has 0 saturated carbocycles. The third-order valence-electron chi connectivity index (χ3n) is 2.60. The highest BCUT2D eigenvalue weighted by atomic mass is 79.9. The molecule has 0 fully saturated rings. The Hall–Kier alpha value is -1.11. The fraction of sp³-hybridized carbons (Fsp3) is 0.154. The molecule has 0 amide bonds. The minimum absolute atomic E-state index is 0.00400. The topological polar surface area (TPSA) is 59.1 Å². The van der Waals surface area contributed by atoms with E-state index in [-0.39, 0.29) is 5.75 Å². The number of rotatable bonds is 5. The third kappa shape index (κ3) is 4.47. The first-order valence-electron chi connectivity index (χ1n) is 5.81. The fourth-order valence-electron chi connectivity index (χ4n) is 1.60. The molecule has 1 aromatic heterocycles. The summed E-state index contributed by atoms with van der Waals surface area (Å²) in [6.07, 6.45) is 3.71. The lowest BCUT2D eigenvalue weighted by Gasteiger charge is -2.10. The molecule has 2 aromatic rings. The Labute approximate surface area is 131 Å². The van der Waals surface area contributed by atoms with Gasteiger partial charge in [0.2, 0.25) is 10.0 Å². The van der Waals surface area contributed by atoms with E-state index in [0.717, 1.165) is 5.56 Å². The Balaban J connectivity index is 2.06. The SMILES string of the molecule is O=S(=O)(CCc1ccncc1)Nc1cc(Cl)ccc1Br. The second-order valence-electron chi connectivity index (χ2n) is 4.15. The van der Waals surface area contributed by atoms with Crippen molar-refractivity contribution in [1.29, 1.82) is 0 Å². The normalized spacial score (nSPS) is 11.3. The smallest absolute Gasteiger partial charge is 0.233 e. The molecule has 0 aliphatic carbocycles. The van der Waals surface area contributed by atoms with Crippen molar-refractivity contribution in [3.63, 3.8) is 0 Å². The van der Waals surface area contributed by atoms with Crippen LogP contribution < -0.4 is 4.72 Å². The number of sulfonamides is 1. The summed E-state index contributed by atoms with van der Waals surface area (Å²) in [6, 6.07) is 8.54. The van der Waals surface area contributed by atoms with Crippen LogP contribution in [0.15, 0.2) is 47.2 Å². The highest BCUT2D eigenvalue weighted by molar-refractivity contribution is 9.10. The minimum atomic E-state index is -3.43. The highest BCUT2D eigenvalue weighted by Gasteiger charge is 2.13. The first-order valence-corrected chi connectivity index (χ1v) is 8.63. The van der Waals surface area contributed by atoms with Crippen LogP contribution in [0.4, 0.5) is 5.69 Å². The lowest BCUT2D eigenvalue weighted by Crippen LogP contribution is -2.18. The molecule has 0 aliphatic heterocycles. The van der Waals surface area contributed by atoms with Gasteiger partial charge >= 0.3 is 0 Å².